The molecule has 2 aromatic heterocycles. The molecule has 0 fully saturated rings. The maximum Gasteiger partial charge on any atom is 0.337 e. The number of aromatic carboxylic acids is 1. The molecule has 2 heterocycles. The number of halogens is 1. The molecular weight excluding hydrogens is 280 g/mol. The summed E-state index contributed by atoms with van der Waals surface area (Å²) in [7, 11) is 0. The highest BCUT2D eigenvalue weighted by Gasteiger charge is 2.12. The normalized spacial score (nSPS) is 10.4. The molecule has 0 amide bonds. The molecule has 0 atom stereocenters. The zero-order valence-electron chi connectivity index (χ0n) is 10.8. The predicted molar refractivity (Wildman–Crippen MR) is 76.2 cm³/mol. The van der Waals surface area contributed by atoms with Crippen LogP contribution in [0.25, 0.3) is 0 Å². The number of carboxylic acids is 1. The van der Waals surface area contributed by atoms with Crippen LogP contribution in [0.15, 0.2) is 31.0 Å². The van der Waals surface area contributed by atoms with Crippen molar-refractivity contribution in [2.45, 2.75) is 19.4 Å². The Morgan fingerprint density at radius 3 is 2.95 bits per heavy atom. The lowest BCUT2D eigenvalue weighted by molar-refractivity contribution is 0.0697. The Labute approximate surface area is 121 Å². The molecule has 0 unspecified atom stereocenters. The van der Waals surface area contributed by atoms with Gasteiger partial charge in [0, 0.05) is 31.7 Å². The van der Waals surface area contributed by atoms with Crippen LogP contribution in [0.1, 0.15) is 23.2 Å². The fourth-order valence-electron chi connectivity index (χ4n) is 1.78. The van der Waals surface area contributed by atoms with Gasteiger partial charge in [-0.25, -0.2) is 14.8 Å². The first-order chi connectivity index (χ1) is 9.68. The van der Waals surface area contributed by atoms with Crippen LogP contribution in [0.5, 0.6) is 0 Å². The van der Waals surface area contributed by atoms with Gasteiger partial charge in [-0.2, -0.15) is 0 Å². The average molecular weight is 295 g/mol. The number of pyridine rings is 1. The van der Waals surface area contributed by atoms with Crippen LogP contribution in [0.2, 0.25) is 5.02 Å². The summed E-state index contributed by atoms with van der Waals surface area (Å²) in [6.45, 7) is 1.59. The van der Waals surface area contributed by atoms with Crippen molar-refractivity contribution in [3.8, 4) is 0 Å². The largest absolute Gasteiger partial charge is 0.478 e. The first kappa shape index (κ1) is 14.3. The lowest BCUT2D eigenvalue weighted by Gasteiger charge is -2.09. The van der Waals surface area contributed by atoms with Crippen molar-refractivity contribution in [3.05, 3.63) is 41.6 Å². The van der Waals surface area contributed by atoms with E-state index in [1.165, 1.54) is 12.3 Å². The van der Waals surface area contributed by atoms with E-state index < -0.39 is 5.97 Å². The van der Waals surface area contributed by atoms with Gasteiger partial charge in [0.05, 0.1) is 16.9 Å². The number of nitrogens with one attached hydrogen (secondary N) is 1. The summed E-state index contributed by atoms with van der Waals surface area (Å²) in [6, 6.07) is 1.38. The van der Waals surface area contributed by atoms with Crippen molar-refractivity contribution in [1.82, 2.24) is 14.5 Å². The fourth-order valence-corrected chi connectivity index (χ4v) is 2.04. The minimum atomic E-state index is -1.06. The smallest absolute Gasteiger partial charge is 0.337 e. The second-order valence-corrected chi connectivity index (χ2v) is 4.64. The van der Waals surface area contributed by atoms with Crippen molar-refractivity contribution >= 4 is 23.4 Å². The Kier molecular flexibility index (Phi) is 4.95. The SMILES string of the molecule is O=C(O)c1ccnc(NCCCCn2ccnc2)c1Cl. The van der Waals surface area contributed by atoms with Gasteiger partial charge in [0.2, 0.25) is 0 Å². The number of hydrogen-bond donors (Lipinski definition) is 2. The highest BCUT2D eigenvalue weighted by Crippen LogP contribution is 2.23. The van der Waals surface area contributed by atoms with E-state index in [-0.39, 0.29) is 10.6 Å². The molecule has 0 radical (unpaired) electrons. The number of nitrogens with zero attached hydrogens (tertiary/aromatic N) is 3. The monoisotopic (exact) mass is 294 g/mol. The van der Waals surface area contributed by atoms with Crippen LogP contribution in [-0.4, -0.2) is 32.2 Å². The van der Waals surface area contributed by atoms with Crippen LogP contribution in [0, 0.1) is 0 Å². The van der Waals surface area contributed by atoms with Gasteiger partial charge in [-0.1, -0.05) is 11.6 Å². The van der Waals surface area contributed by atoms with E-state index >= 15 is 0 Å². The maximum atomic E-state index is 10.9. The minimum absolute atomic E-state index is 0.0579. The number of hydrogen-bond acceptors (Lipinski definition) is 4. The van der Waals surface area contributed by atoms with Crippen molar-refractivity contribution in [1.29, 1.82) is 0 Å². The third kappa shape index (κ3) is 3.71. The summed E-state index contributed by atoms with van der Waals surface area (Å²) < 4.78 is 2.01. The first-order valence-corrected chi connectivity index (χ1v) is 6.63. The van der Waals surface area contributed by atoms with Gasteiger partial charge in [0.1, 0.15) is 5.82 Å². The van der Waals surface area contributed by atoms with E-state index in [0.29, 0.717) is 12.4 Å². The number of rotatable bonds is 7. The lowest BCUT2D eigenvalue weighted by Crippen LogP contribution is -2.07. The molecule has 0 aliphatic carbocycles. The number of unbranched alkanes of at least 4 members (excludes halogenated alkanes) is 1. The van der Waals surface area contributed by atoms with Gasteiger partial charge in [-0.05, 0) is 18.9 Å². The maximum absolute atomic E-state index is 10.9. The standard InChI is InChI=1S/C13H15ClN4O2/c14-11-10(13(19)20)3-5-17-12(11)16-4-1-2-7-18-8-6-15-9-18/h3,5-6,8-9H,1-2,4,7H2,(H,16,17)(H,19,20). The molecule has 0 saturated heterocycles. The molecule has 0 spiro atoms. The van der Waals surface area contributed by atoms with E-state index in [2.05, 4.69) is 15.3 Å². The molecule has 0 aliphatic rings. The Bertz CT molecular complexity index is 572. The summed E-state index contributed by atoms with van der Waals surface area (Å²) in [6.07, 6.45) is 8.79. The first-order valence-electron chi connectivity index (χ1n) is 6.26. The predicted octanol–water partition coefficient (Wildman–Crippen LogP) is 2.52. The molecule has 0 aliphatic heterocycles. The zero-order chi connectivity index (χ0) is 14.4. The van der Waals surface area contributed by atoms with Crippen LogP contribution in [0.4, 0.5) is 5.82 Å². The number of aryl methyl sites for hydroxylation is 1. The molecular formula is C13H15ClN4O2. The van der Waals surface area contributed by atoms with Crippen molar-refractivity contribution in [2.75, 3.05) is 11.9 Å². The second kappa shape index (κ2) is 6.91. The van der Waals surface area contributed by atoms with Gasteiger partial charge in [0.25, 0.3) is 0 Å². The Morgan fingerprint density at radius 1 is 1.40 bits per heavy atom. The molecule has 0 saturated carbocycles. The van der Waals surface area contributed by atoms with Crippen LogP contribution >= 0.6 is 11.6 Å². The van der Waals surface area contributed by atoms with Gasteiger partial charge in [-0.3, -0.25) is 0 Å². The summed E-state index contributed by atoms with van der Waals surface area (Å²) in [5.74, 6) is -0.644. The van der Waals surface area contributed by atoms with Crippen molar-refractivity contribution in [3.63, 3.8) is 0 Å². The number of aromatic nitrogens is 3. The Morgan fingerprint density at radius 2 is 2.25 bits per heavy atom. The third-order valence-corrected chi connectivity index (χ3v) is 3.20. The molecule has 7 heteroatoms. The van der Waals surface area contributed by atoms with Crippen molar-refractivity contribution < 1.29 is 9.90 Å². The number of carboxylic acid groups (broad SMARTS) is 1. The topological polar surface area (TPSA) is 80.0 Å². The Balaban J connectivity index is 1.79. The van der Waals surface area contributed by atoms with E-state index in [1.807, 2.05) is 10.8 Å². The van der Waals surface area contributed by atoms with Gasteiger partial charge < -0.3 is 15.0 Å². The molecule has 2 rings (SSSR count). The van der Waals surface area contributed by atoms with Crippen LogP contribution in [-0.2, 0) is 6.54 Å². The highest BCUT2D eigenvalue weighted by atomic mass is 35.5. The molecule has 0 aromatic carbocycles. The lowest BCUT2D eigenvalue weighted by atomic mass is 10.2. The molecule has 2 N–H and O–H groups in total. The summed E-state index contributed by atoms with van der Waals surface area (Å²) in [5.41, 5.74) is 0.0579. The summed E-state index contributed by atoms with van der Waals surface area (Å²) >= 11 is 5.98. The second-order valence-electron chi connectivity index (χ2n) is 4.26. The summed E-state index contributed by atoms with van der Waals surface area (Å²) in [5, 5.41) is 12.2. The van der Waals surface area contributed by atoms with Gasteiger partial charge >= 0.3 is 5.97 Å². The minimum Gasteiger partial charge on any atom is -0.478 e. The molecule has 106 valence electrons. The van der Waals surface area contributed by atoms with E-state index in [0.717, 1.165) is 19.4 Å². The number of imidazole rings is 1. The summed E-state index contributed by atoms with van der Waals surface area (Å²) in [4.78, 5) is 19.0. The van der Waals surface area contributed by atoms with Gasteiger partial charge in [0.15, 0.2) is 0 Å². The van der Waals surface area contributed by atoms with Crippen LogP contribution < -0.4 is 5.32 Å². The third-order valence-electron chi connectivity index (χ3n) is 2.81. The quantitative estimate of drug-likeness (QED) is 0.767. The average Bonchev–Trinajstić information content (AvgIpc) is 2.93. The number of anilines is 1. The van der Waals surface area contributed by atoms with Crippen molar-refractivity contribution in [2.24, 2.45) is 0 Å². The molecule has 0 bridgehead atoms. The number of carbonyl (C=O) groups is 1. The Hall–Kier alpha value is -2.08. The molecule has 20 heavy (non-hydrogen) atoms. The van der Waals surface area contributed by atoms with E-state index in [9.17, 15) is 4.79 Å². The van der Waals surface area contributed by atoms with Crippen LogP contribution in [0.3, 0.4) is 0 Å². The molecule has 2 aromatic rings. The van der Waals surface area contributed by atoms with E-state index in [4.69, 9.17) is 16.7 Å². The molecule has 6 nitrogen and oxygen atoms in total. The fraction of sp³-hybridized carbons (Fsp3) is 0.308. The van der Waals surface area contributed by atoms with E-state index in [1.54, 1.807) is 12.5 Å². The zero-order valence-corrected chi connectivity index (χ0v) is 11.5. The van der Waals surface area contributed by atoms with Gasteiger partial charge in [-0.15, -0.1) is 0 Å². The highest BCUT2D eigenvalue weighted by molar-refractivity contribution is 6.35.